The van der Waals surface area contributed by atoms with Gasteiger partial charge in [0.1, 0.15) is 28.4 Å². The number of likely N-dealkylation sites (N-methyl/N-ethyl adjacent to an activating group) is 1. The average molecular weight is 621 g/mol. The van der Waals surface area contributed by atoms with Gasteiger partial charge in [-0.15, -0.1) is 11.3 Å². The summed E-state index contributed by atoms with van der Waals surface area (Å²) in [6.07, 6.45) is 3.54. The molecule has 5 heterocycles. The van der Waals surface area contributed by atoms with Crippen LogP contribution < -0.4 is 15.8 Å². The lowest BCUT2D eigenvalue weighted by atomic mass is 9.93. The second-order valence-corrected chi connectivity index (χ2v) is 13.2. The van der Waals surface area contributed by atoms with Gasteiger partial charge in [0.15, 0.2) is 11.6 Å². The molecule has 0 bridgehead atoms. The first kappa shape index (κ1) is 28.6. The van der Waals surface area contributed by atoms with Gasteiger partial charge in [-0.05, 0) is 44.5 Å². The van der Waals surface area contributed by atoms with Crippen LogP contribution in [0, 0.1) is 28.4 Å². The van der Waals surface area contributed by atoms with Gasteiger partial charge in [-0.2, -0.15) is 15.2 Å². The van der Waals surface area contributed by atoms with Gasteiger partial charge in [0, 0.05) is 36.5 Å². The number of fused-ring (bicyclic) bond motifs is 4. The van der Waals surface area contributed by atoms with Crippen LogP contribution in [0.25, 0.3) is 32.2 Å². The number of hydrogen-bond donors (Lipinski definition) is 2. The standard InChI is InChI=1S/C30H30F2N8O3S/c1-39(2)12-30(5-6-30)13-43-29-37-24-21(27(38-29)36-18-4-7-40(3)28(18)41)16-11-42-10-15(16)19(22(24)32)23-20-14(8-33)26(34)44-25(20)17(31)9-35-23/h9,18H,4-7,10-13,34H2,1-3H3,(H,36,37,38)/t18-/m1/s1. The van der Waals surface area contributed by atoms with Crippen molar-refractivity contribution in [3.63, 3.8) is 0 Å². The van der Waals surface area contributed by atoms with E-state index in [0.29, 0.717) is 36.1 Å². The van der Waals surface area contributed by atoms with Crippen LogP contribution in [0.5, 0.6) is 6.01 Å². The zero-order chi connectivity index (χ0) is 30.9. The Morgan fingerprint density at radius 3 is 2.73 bits per heavy atom. The molecule has 44 heavy (non-hydrogen) atoms. The highest BCUT2D eigenvalue weighted by atomic mass is 32.1. The molecule has 1 saturated carbocycles. The molecule has 228 valence electrons. The summed E-state index contributed by atoms with van der Waals surface area (Å²) in [5.74, 6) is -1.21. The van der Waals surface area contributed by atoms with E-state index in [4.69, 9.17) is 15.2 Å². The third-order valence-corrected chi connectivity index (χ3v) is 9.70. The van der Waals surface area contributed by atoms with E-state index in [1.165, 1.54) is 0 Å². The Labute approximate surface area is 255 Å². The largest absolute Gasteiger partial charge is 0.463 e. The zero-order valence-electron chi connectivity index (χ0n) is 24.5. The number of thiophene rings is 1. The third-order valence-electron chi connectivity index (χ3n) is 8.68. The van der Waals surface area contributed by atoms with Crippen molar-refractivity contribution in [2.45, 2.75) is 38.5 Å². The molecule has 1 atom stereocenters. The molecule has 0 unspecified atom stereocenters. The van der Waals surface area contributed by atoms with Gasteiger partial charge in [0.25, 0.3) is 0 Å². The summed E-state index contributed by atoms with van der Waals surface area (Å²) < 4.78 is 43.9. The molecule has 7 rings (SSSR count). The number of nitrogens with zero attached hydrogens (tertiary/aromatic N) is 6. The number of pyridine rings is 1. The van der Waals surface area contributed by atoms with Crippen molar-refractivity contribution < 1.29 is 23.0 Å². The number of nitrogens with two attached hydrogens (primary N) is 1. The Balaban J connectivity index is 1.44. The highest BCUT2D eigenvalue weighted by molar-refractivity contribution is 7.23. The molecule has 0 radical (unpaired) electrons. The molecule has 0 spiro atoms. The van der Waals surface area contributed by atoms with Crippen LogP contribution in [-0.4, -0.2) is 77.5 Å². The molecule has 3 aromatic heterocycles. The third kappa shape index (κ3) is 4.58. The van der Waals surface area contributed by atoms with Crippen molar-refractivity contribution in [3.05, 3.63) is 34.5 Å². The van der Waals surface area contributed by atoms with Gasteiger partial charge in [0.2, 0.25) is 5.91 Å². The van der Waals surface area contributed by atoms with Crippen LogP contribution in [0.15, 0.2) is 6.20 Å². The lowest BCUT2D eigenvalue weighted by molar-refractivity contribution is -0.127. The van der Waals surface area contributed by atoms with Gasteiger partial charge < -0.3 is 30.3 Å². The van der Waals surface area contributed by atoms with Crippen LogP contribution in [0.2, 0.25) is 0 Å². The molecular formula is C30H30F2N8O3S. The van der Waals surface area contributed by atoms with Gasteiger partial charge in [-0.3, -0.25) is 9.78 Å². The lowest BCUT2D eigenvalue weighted by Crippen LogP contribution is -2.31. The number of anilines is 2. The summed E-state index contributed by atoms with van der Waals surface area (Å²) in [5.41, 5.74) is 7.27. The van der Waals surface area contributed by atoms with E-state index in [1.54, 1.807) is 11.9 Å². The van der Waals surface area contributed by atoms with E-state index in [2.05, 4.69) is 25.2 Å². The molecule has 3 aliphatic rings. The Hall–Kier alpha value is -4.19. The summed E-state index contributed by atoms with van der Waals surface area (Å²) in [6, 6.07) is 1.45. The van der Waals surface area contributed by atoms with Crippen molar-refractivity contribution in [3.8, 4) is 23.3 Å². The minimum Gasteiger partial charge on any atom is -0.463 e. The molecule has 3 N–H and O–H groups in total. The second kappa shape index (κ2) is 10.5. The zero-order valence-corrected chi connectivity index (χ0v) is 25.3. The van der Waals surface area contributed by atoms with Crippen LogP contribution in [0.4, 0.5) is 19.6 Å². The highest BCUT2D eigenvalue weighted by Crippen LogP contribution is 2.48. The molecular weight excluding hydrogens is 590 g/mol. The van der Waals surface area contributed by atoms with Crippen LogP contribution in [0.1, 0.15) is 36.0 Å². The van der Waals surface area contributed by atoms with E-state index in [1.807, 2.05) is 20.2 Å². The minimum atomic E-state index is -0.738. The van der Waals surface area contributed by atoms with Crippen LogP contribution >= 0.6 is 11.3 Å². The van der Waals surface area contributed by atoms with E-state index in [9.17, 15) is 14.4 Å². The maximum absolute atomic E-state index is 17.0. The highest BCUT2D eigenvalue weighted by Gasteiger charge is 2.44. The summed E-state index contributed by atoms with van der Waals surface area (Å²) in [4.78, 5) is 30.1. The minimum absolute atomic E-state index is 0.0257. The van der Waals surface area contributed by atoms with Crippen LogP contribution in [0.3, 0.4) is 0 Å². The number of carbonyl (C=O) groups is 1. The molecule has 14 heteroatoms. The predicted molar refractivity (Wildman–Crippen MR) is 161 cm³/mol. The fourth-order valence-corrected chi connectivity index (χ4v) is 7.27. The number of aromatic nitrogens is 3. The molecule has 1 saturated heterocycles. The molecule has 1 aliphatic carbocycles. The van der Waals surface area contributed by atoms with E-state index in [-0.39, 0.29) is 73.8 Å². The molecule has 2 aliphatic heterocycles. The second-order valence-electron chi connectivity index (χ2n) is 12.1. The fourth-order valence-electron chi connectivity index (χ4n) is 6.35. The Morgan fingerprint density at radius 1 is 1.27 bits per heavy atom. The molecule has 1 amide bonds. The smallest absolute Gasteiger partial charge is 0.319 e. The number of nitriles is 1. The fraction of sp³-hybridized carbons (Fsp3) is 0.433. The number of nitrogen functional groups attached to an aromatic ring is 1. The maximum Gasteiger partial charge on any atom is 0.319 e. The van der Waals surface area contributed by atoms with E-state index in [0.717, 1.165) is 36.9 Å². The number of hydrogen-bond acceptors (Lipinski definition) is 11. The average Bonchev–Trinajstić information content (AvgIpc) is 3.26. The number of nitrogens with one attached hydrogen (secondary N) is 1. The quantitative estimate of drug-likeness (QED) is 0.296. The monoisotopic (exact) mass is 620 g/mol. The van der Waals surface area contributed by atoms with Gasteiger partial charge in [-0.25, -0.2) is 8.78 Å². The summed E-state index contributed by atoms with van der Waals surface area (Å²) in [7, 11) is 5.74. The summed E-state index contributed by atoms with van der Waals surface area (Å²) in [6.45, 7) is 1.93. The van der Waals surface area contributed by atoms with Crippen molar-refractivity contribution >= 4 is 49.1 Å². The normalized spacial score (nSPS) is 18.8. The molecule has 2 fully saturated rings. The SMILES string of the molecule is CN(C)CC1(COc2nc(N[C@@H]3CCN(C)C3=O)c3c4c(c(-c5ncc(F)c6sc(N)c(C#N)c56)c(F)c3n2)COC4)CC1. The number of likely N-dealkylation sites (tertiary alicyclic amines) is 1. The number of ether oxygens (including phenoxy) is 2. The van der Waals surface area contributed by atoms with Gasteiger partial charge in [0.05, 0.1) is 47.4 Å². The Morgan fingerprint density at radius 2 is 2.05 bits per heavy atom. The van der Waals surface area contributed by atoms with Crippen molar-refractivity contribution in [1.82, 2.24) is 24.8 Å². The Kier molecular flexibility index (Phi) is 6.80. The van der Waals surface area contributed by atoms with E-state index < -0.39 is 17.7 Å². The first-order valence-electron chi connectivity index (χ1n) is 14.3. The number of amides is 1. The van der Waals surface area contributed by atoms with Crippen molar-refractivity contribution in [2.24, 2.45) is 5.41 Å². The van der Waals surface area contributed by atoms with Crippen LogP contribution in [-0.2, 0) is 22.7 Å². The molecule has 1 aromatic carbocycles. The first-order chi connectivity index (χ1) is 21.1. The lowest BCUT2D eigenvalue weighted by Gasteiger charge is -2.21. The van der Waals surface area contributed by atoms with Gasteiger partial charge >= 0.3 is 6.01 Å². The number of halogens is 2. The van der Waals surface area contributed by atoms with Crippen molar-refractivity contribution in [2.75, 3.05) is 51.9 Å². The maximum atomic E-state index is 17.0. The van der Waals surface area contributed by atoms with E-state index >= 15 is 4.39 Å². The molecule has 4 aromatic rings. The number of carbonyl (C=O) groups excluding carboxylic acids is 1. The Bertz CT molecular complexity index is 1900. The molecule has 11 nitrogen and oxygen atoms in total. The predicted octanol–water partition coefficient (Wildman–Crippen LogP) is 4.03. The summed E-state index contributed by atoms with van der Waals surface area (Å²) >= 11 is 0.915. The van der Waals surface area contributed by atoms with Crippen molar-refractivity contribution in [1.29, 1.82) is 5.26 Å². The number of rotatable bonds is 8. The summed E-state index contributed by atoms with van der Waals surface area (Å²) in [5, 5.41) is 13.8. The topological polar surface area (TPSA) is 143 Å². The van der Waals surface area contributed by atoms with Gasteiger partial charge in [-0.1, -0.05) is 0 Å². The first-order valence-corrected chi connectivity index (χ1v) is 15.1. The number of benzene rings is 1.